The van der Waals surface area contributed by atoms with Gasteiger partial charge in [-0.15, -0.1) is 0 Å². The highest BCUT2D eigenvalue weighted by atomic mass is 16.2. The van der Waals surface area contributed by atoms with E-state index in [1.54, 1.807) is 13.8 Å². The van der Waals surface area contributed by atoms with E-state index in [1.165, 1.54) is 0 Å². The predicted molar refractivity (Wildman–Crippen MR) is 103 cm³/mol. The summed E-state index contributed by atoms with van der Waals surface area (Å²) in [6.45, 7) is 9.30. The SMILES string of the molecule is CCc1ccccc1NC(=O)C(C)(C)C(=O)Nc1ccc(C)c(C)c1. The molecule has 2 N–H and O–H groups in total. The van der Waals surface area contributed by atoms with Crippen LogP contribution in [-0.2, 0) is 16.0 Å². The molecule has 0 atom stereocenters. The van der Waals surface area contributed by atoms with Crippen LogP contribution in [0.25, 0.3) is 0 Å². The van der Waals surface area contributed by atoms with Gasteiger partial charge in [0.2, 0.25) is 11.8 Å². The zero-order valence-corrected chi connectivity index (χ0v) is 15.6. The second-order valence-corrected chi connectivity index (χ2v) is 6.84. The predicted octanol–water partition coefficient (Wildman–Crippen LogP) is 4.47. The van der Waals surface area contributed by atoms with Crippen molar-refractivity contribution in [2.75, 3.05) is 10.6 Å². The van der Waals surface area contributed by atoms with Crippen LogP contribution in [0.3, 0.4) is 0 Å². The Morgan fingerprint density at radius 3 is 2.20 bits per heavy atom. The van der Waals surface area contributed by atoms with Gasteiger partial charge in [-0.05, 0) is 69.0 Å². The highest BCUT2D eigenvalue weighted by molar-refractivity contribution is 6.14. The van der Waals surface area contributed by atoms with E-state index in [0.717, 1.165) is 28.8 Å². The van der Waals surface area contributed by atoms with Crippen LogP contribution in [0.5, 0.6) is 0 Å². The highest BCUT2D eigenvalue weighted by Gasteiger charge is 2.36. The van der Waals surface area contributed by atoms with Crippen LogP contribution < -0.4 is 10.6 Å². The average Bonchev–Trinajstić information content (AvgIpc) is 2.58. The molecule has 0 unspecified atom stereocenters. The number of carbonyl (C=O) groups is 2. The van der Waals surface area contributed by atoms with Crippen molar-refractivity contribution in [3.63, 3.8) is 0 Å². The Kier molecular flexibility index (Phi) is 5.62. The molecule has 4 nitrogen and oxygen atoms in total. The van der Waals surface area contributed by atoms with Crippen molar-refractivity contribution < 1.29 is 9.59 Å². The first-order valence-electron chi connectivity index (χ1n) is 8.53. The number of aryl methyl sites for hydroxylation is 3. The molecule has 0 aliphatic rings. The number of carbonyl (C=O) groups excluding carboxylic acids is 2. The maximum Gasteiger partial charge on any atom is 0.239 e. The van der Waals surface area contributed by atoms with E-state index in [1.807, 2.05) is 63.2 Å². The third-order valence-electron chi connectivity index (χ3n) is 4.55. The average molecular weight is 338 g/mol. The van der Waals surface area contributed by atoms with Crippen molar-refractivity contribution in [2.45, 2.75) is 41.0 Å². The smallest absolute Gasteiger partial charge is 0.239 e. The fourth-order valence-electron chi connectivity index (χ4n) is 2.44. The lowest BCUT2D eigenvalue weighted by molar-refractivity contribution is -0.135. The molecule has 4 heteroatoms. The van der Waals surface area contributed by atoms with Gasteiger partial charge in [0.1, 0.15) is 5.41 Å². The molecule has 0 bridgehead atoms. The minimum atomic E-state index is -1.19. The topological polar surface area (TPSA) is 58.2 Å². The van der Waals surface area contributed by atoms with E-state index in [0.29, 0.717) is 5.69 Å². The summed E-state index contributed by atoms with van der Waals surface area (Å²) in [5.74, 6) is -0.656. The number of amides is 2. The second kappa shape index (κ2) is 7.51. The summed E-state index contributed by atoms with van der Waals surface area (Å²) in [5, 5.41) is 5.73. The molecule has 0 heterocycles. The fraction of sp³-hybridized carbons (Fsp3) is 0.333. The molecule has 0 spiro atoms. The molecule has 2 aromatic rings. The van der Waals surface area contributed by atoms with Crippen LogP contribution in [0.4, 0.5) is 11.4 Å². The minimum Gasteiger partial charge on any atom is -0.325 e. The first-order valence-corrected chi connectivity index (χ1v) is 8.53. The first kappa shape index (κ1) is 18.7. The van der Waals surface area contributed by atoms with Crippen LogP contribution in [0.15, 0.2) is 42.5 Å². The van der Waals surface area contributed by atoms with Gasteiger partial charge in [-0.1, -0.05) is 31.2 Å². The van der Waals surface area contributed by atoms with E-state index in [2.05, 4.69) is 10.6 Å². The summed E-state index contributed by atoms with van der Waals surface area (Å²) in [5.41, 5.74) is 3.55. The van der Waals surface area contributed by atoms with Gasteiger partial charge >= 0.3 is 0 Å². The molecule has 0 saturated heterocycles. The maximum absolute atomic E-state index is 12.7. The molecule has 0 aliphatic carbocycles. The van der Waals surface area contributed by atoms with Crippen LogP contribution >= 0.6 is 0 Å². The van der Waals surface area contributed by atoms with Crippen LogP contribution in [-0.4, -0.2) is 11.8 Å². The quantitative estimate of drug-likeness (QED) is 0.790. The molecule has 2 rings (SSSR count). The van der Waals surface area contributed by atoms with E-state index in [-0.39, 0.29) is 11.8 Å². The number of nitrogens with one attached hydrogen (secondary N) is 2. The van der Waals surface area contributed by atoms with Crippen molar-refractivity contribution in [1.29, 1.82) is 0 Å². The van der Waals surface area contributed by atoms with Gasteiger partial charge in [-0.3, -0.25) is 9.59 Å². The highest BCUT2D eigenvalue weighted by Crippen LogP contribution is 2.24. The Bertz CT molecular complexity index is 794. The third-order valence-corrected chi connectivity index (χ3v) is 4.55. The summed E-state index contributed by atoms with van der Waals surface area (Å²) in [7, 11) is 0. The number of benzene rings is 2. The molecule has 0 aromatic heterocycles. The number of para-hydroxylation sites is 1. The fourth-order valence-corrected chi connectivity index (χ4v) is 2.44. The van der Waals surface area contributed by atoms with Crippen molar-refractivity contribution in [1.82, 2.24) is 0 Å². The monoisotopic (exact) mass is 338 g/mol. The van der Waals surface area contributed by atoms with E-state index < -0.39 is 5.41 Å². The number of rotatable bonds is 5. The van der Waals surface area contributed by atoms with E-state index in [4.69, 9.17) is 0 Å². The zero-order chi connectivity index (χ0) is 18.6. The summed E-state index contributed by atoms with van der Waals surface area (Å²) >= 11 is 0. The summed E-state index contributed by atoms with van der Waals surface area (Å²) < 4.78 is 0. The largest absolute Gasteiger partial charge is 0.325 e. The van der Waals surface area contributed by atoms with Crippen molar-refractivity contribution in [3.8, 4) is 0 Å². The number of anilines is 2. The molecular formula is C21H26N2O2. The molecule has 2 aromatic carbocycles. The summed E-state index contributed by atoms with van der Waals surface area (Å²) in [4.78, 5) is 25.3. The summed E-state index contributed by atoms with van der Waals surface area (Å²) in [6.07, 6.45) is 0.811. The second-order valence-electron chi connectivity index (χ2n) is 6.84. The minimum absolute atomic E-state index is 0.324. The lowest BCUT2D eigenvalue weighted by Crippen LogP contribution is -2.41. The molecule has 0 aliphatic heterocycles. The van der Waals surface area contributed by atoms with Crippen molar-refractivity contribution in [2.24, 2.45) is 5.41 Å². The lowest BCUT2D eigenvalue weighted by Gasteiger charge is -2.23. The molecule has 25 heavy (non-hydrogen) atoms. The summed E-state index contributed by atoms with van der Waals surface area (Å²) in [6, 6.07) is 13.3. The van der Waals surface area contributed by atoms with Crippen LogP contribution in [0.1, 0.15) is 37.5 Å². The lowest BCUT2D eigenvalue weighted by atomic mass is 9.90. The van der Waals surface area contributed by atoms with Gasteiger partial charge in [-0.2, -0.15) is 0 Å². The van der Waals surface area contributed by atoms with Gasteiger partial charge in [0.05, 0.1) is 0 Å². The zero-order valence-electron chi connectivity index (χ0n) is 15.6. The Morgan fingerprint density at radius 2 is 1.56 bits per heavy atom. The van der Waals surface area contributed by atoms with Crippen LogP contribution in [0, 0.1) is 19.3 Å². The molecular weight excluding hydrogens is 312 g/mol. The maximum atomic E-state index is 12.7. The Morgan fingerprint density at radius 1 is 0.920 bits per heavy atom. The first-order chi connectivity index (χ1) is 11.8. The molecule has 0 fully saturated rings. The number of hydrogen-bond donors (Lipinski definition) is 2. The van der Waals surface area contributed by atoms with Gasteiger partial charge in [0, 0.05) is 11.4 Å². The van der Waals surface area contributed by atoms with Gasteiger partial charge < -0.3 is 10.6 Å². The van der Waals surface area contributed by atoms with E-state index >= 15 is 0 Å². The van der Waals surface area contributed by atoms with Gasteiger partial charge in [0.15, 0.2) is 0 Å². The molecule has 0 radical (unpaired) electrons. The number of hydrogen-bond acceptors (Lipinski definition) is 2. The van der Waals surface area contributed by atoms with Crippen LogP contribution in [0.2, 0.25) is 0 Å². The molecule has 0 saturated carbocycles. The Balaban J connectivity index is 2.14. The van der Waals surface area contributed by atoms with Gasteiger partial charge in [-0.25, -0.2) is 0 Å². The van der Waals surface area contributed by atoms with Crippen molar-refractivity contribution >= 4 is 23.2 Å². The normalized spacial score (nSPS) is 11.1. The standard InChI is InChI=1S/C21H26N2O2/c1-6-16-9-7-8-10-18(16)23-20(25)21(4,5)19(24)22-17-12-11-14(2)15(3)13-17/h7-13H,6H2,1-5H3,(H,22,24)(H,23,25). The molecule has 2 amide bonds. The Labute approximate surface area is 149 Å². The van der Waals surface area contributed by atoms with Crippen molar-refractivity contribution in [3.05, 3.63) is 59.2 Å². The molecule has 132 valence electrons. The third kappa shape index (κ3) is 4.27. The Hall–Kier alpha value is -2.62. The van der Waals surface area contributed by atoms with E-state index in [9.17, 15) is 9.59 Å². The van der Waals surface area contributed by atoms with Gasteiger partial charge in [0.25, 0.3) is 0 Å².